The van der Waals surface area contributed by atoms with Crippen LogP contribution in [0.15, 0.2) is 59.1 Å². The number of carbonyl (C=O) groups is 1. The summed E-state index contributed by atoms with van der Waals surface area (Å²) in [5, 5.41) is 11.9. The molecule has 1 aliphatic rings. The highest BCUT2D eigenvalue weighted by molar-refractivity contribution is 9.10. The smallest absolute Gasteiger partial charge is 0.229 e. The van der Waals surface area contributed by atoms with Crippen molar-refractivity contribution in [1.82, 2.24) is 10.2 Å². The largest absolute Gasteiger partial charge is 0.354 e. The quantitative estimate of drug-likeness (QED) is 0.562. The van der Waals surface area contributed by atoms with Gasteiger partial charge in [0.25, 0.3) is 0 Å². The molecule has 1 amide bonds. The summed E-state index contributed by atoms with van der Waals surface area (Å²) in [5.41, 5.74) is 5.25. The van der Waals surface area contributed by atoms with Gasteiger partial charge in [-0.25, -0.2) is 0 Å². The summed E-state index contributed by atoms with van der Waals surface area (Å²) in [6.07, 6.45) is 1.83. The summed E-state index contributed by atoms with van der Waals surface area (Å²) in [6.45, 7) is 5.74. The Morgan fingerprint density at radius 1 is 1.07 bits per heavy atom. The number of piperidine rings is 1. The Morgan fingerprint density at radius 2 is 1.90 bits per heavy atom. The fourth-order valence-electron chi connectivity index (χ4n) is 3.75. The van der Waals surface area contributed by atoms with Crippen LogP contribution in [0, 0.1) is 19.8 Å². The van der Waals surface area contributed by atoms with Gasteiger partial charge in [0.2, 0.25) is 5.91 Å². The van der Waals surface area contributed by atoms with Gasteiger partial charge in [-0.05, 0) is 84.1 Å². The number of hydrogen-bond donors (Lipinski definition) is 1. The van der Waals surface area contributed by atoms with Crippen LogP contribution in [0.25, 0.3) is 11.3 Å². The molecule has 3 aromatic rings. The first-order valence-electron chi connectivity index (χ1n) is 10.2. The molecule has 30 heavy (non-hydrogen) atoms. The van der Waals surface area contributed by atoms with Crippen LogP contribution in [0.3, 0.4) is 0 Å². The maximum atomic E-state index is 12.8. The molecule has 4 rings (SSSR count). The van der Waals surface area contributed by atoms with Crippen LogP contribution in [0.4, 0.5) is 11.5 Å². The second-order valence-electron chi connectivity index (χ2n) is 7.83. The van der Waals surface area contributed by atoms with Gasteiger partial charge < -0.3 is 10.2 Å². The van der Waals surface area contributed by atoms with E-state index in [2.05, 4.69) is 68.4 Å². The van der Waals surface area contributed by atoms with E-state index in [9.17, 15) is 4.79 Å². The molecule has 2 aromatic carbocycles. The fraction of sp³-hybridized carbons (Fsp3) is 0.292. The number of anilines is 2. The molecule has 1 N–H and O–H groups in total. The molecule has 154 valence electrons. The van der Waals surface area contributed by atoms with Gasteiger partial charge in [0.15, 0.2) is 5.82 Å². The summed E-state index contributed by atoms with van der Waals surface area (Å²) >= 11 is 3.49. The number of benzene rings is 2. The molecule has 1 saturated heterocycles. The van der Waals surface area contributed by atoms with Crippen LogP contribution in [-0.4, -0.2) is 29.2 Å². The second-order valence-corrected chi connectivity index (χ2v) is 8.68. The fourth-order valence-corrected chi connectivity index (χ4v) is 4.13. The minimum atomic E-state index is -0.0768. The maximum absolute atomic E-state index is 12.8. The SMILES string of the molecule is Cc1ccc(-c2ccc(N3CCC[C@H](C(=O)Nc4ccccc4Br)C3)nn2)cc1C. The van der Waals surface area contributed by atoms with Crippen molar-refractivity contribution >= 4 is 33.3 Å². The molecule has 0 radical (unpaired) electrons. The lowest BCUT2D eigenvalue weighted by molar-refractivity contribution is -0.120. The molecule has 6 heteroatoms. The van der Waals surface area contributed by atoms with Crippen molar-refractivity contribution in [1.29, 1.82) is 0 Å². The highest BCUT2D eigenvalue weighted by Crippen LogP contribution is 2.27. The van der Waals surface area contributed by atoms with Crippen molar-refractivity contribution in [2.45, 2.75) is 26.7 Å². The van der Waals surface area contributed by atoms with Crippen LogP contribution >= 0.6 is 15.9 Å². The van der Waals surface area contributed by atoms with Gasteiger partial charge in [-0.1, -0.05) is 24.3 Å². The van der Waals surface area contributed by atoms with E-state index in [1.165, 1.54) is 11.1 Å². The van der Waals surface area contributed by atoms with Crippen molar-refractivity contribution in [3.05, 3.63) is 70.2 Å². The van der Waals surface area contributed by atoms with Crippen molar-refractivity contribution in [3.63, 3.8) is 0 Å². The van der Waals surface area contributed by atoms with Crippen molar-refractivity contribution in [2.24, 2.45) is 5.92 Å². The predicted octanol–water partition coefficient (Wildman–Crippen LogP) is 5.38. The third-order valence-electron chi connectivity index (χ3n) is 5.70. The number of amides is 1. The summed E-state index contributed by atoms with van der Waals surface area (Å²) < 4.78 is 0.888. The average Bonchev–Trinajstić information content (AvgIpc) is 2.77. The lowest BCUT2D eigenvalue weighted by atomic mass is 9.97. The van der Waals surface area contributed by atoms with Crippen LogP contribution in [0.2, 0.25) is 0 Å². The molecule has 1 atom stereocenters. The van der Waals surface area contributed by atoms with E-state index in [0.717, 1.165) is 46.6 Å². The Balaban J connectivity index is 1.44. The number of halogens is 1. The van der Waals surface area contributed by atoms with Gasteiger partial charge in [-0.3, -0.25) is 4.79 Å². The lowest BCUT2D eigenvalue weighted by Crippen LogP contribution is -2.41. The van der Waals surface area contributed by atoms with Crippen LogP contribution in [0.5, 0.6) is 0 Å². The molecule has 5 nitrogen and oxygen atoms in total. The number of carbonyl (C=O) groups excluding carboxylic acids is 1. The van der Waals surface area contributed by atoms with E-state index in [0.29, 0.717) is 6.54 Å². The molecule has 0 saturated carbocycles. The number of hydrogen-bond acceptors (Lipinski definition) is 4. The van der Waals surface area contributed by atoms with Crippen LogP contribution < -0.4 is 10.2 Å². The Hall–Kier alpha value is -2.73. The van der Waals surface area contributed by atoms with E-state index in [1.807, 2.05) is 36.4 Å². The summed E-state index contributed by atoms with van der Waals surface area (Å²) in [6, 6.07) is 18.0. The number of nitrogens with zero attached hydrogens (tertiary/aromatic N) is 3. The summed E-state index contributed by atoms with van der Waals surface area (Å²) in [4.78, 5) is 15.0. The molecular weight excluding hydrogens is 440 g/mol. The topological polar surface area (TPSA) is 58.1 Å². The Bertz CT molecular complexity index is 1050. The molecule has 0 spiro atoms. The van der Waals surface area contributed by atoms with Crippen molar-refractivity contribution in [3.8, 4) is 11.3 Å². The minimum Gasteiger partial charge on any atom is -0.354 e. The molecule has 2 heterocycles. The zero-order valence-corrected chi connectivity index (χ0v) is 18.8. The lowest BCUT2D eigenvalue weighted by Gasteiger charge is -2.32. The average molecular weight is 465 g/mol. The third kappa shape index (κ3) is 4.54. The monoisotopic (exact) mass is 464 g/mol. The highest BCUT2D eigenvalue weighted by Gasteiger charge is 2.27. The molecule has 0 bridgehead atoms. The van der Waals surface area contributed by atoms with E-state index < -0.39 is 0 Å². The maximum Gasteiger partial charge on any atom is 0.229 e. The zero-order valence-electron chi connectivity index (χ0n) is 17.2. The van der Waals surface area contributed by atoms with Gasteiger partial charge in [-0.15, -0.1) is 10.2 Å². The Labute approximate surface area is 185 Å². The van der Waals surface area contributed by atoms with E-state index >= 15 is 0 Å². The molecular formula is C24H25BrN4O. The number of aromatic nitrogens is 2. The van der Waals surface area contributed by atoms with E-state index in [-0.39, 0.29) is 11.8 Å². The third-order valence-corrected chi connectivity index (χ3v) is 6.39. The first-order valence-corrected chi connectivity index (χ1v) is 11.0. The number of nitrogens with one attached hydrogen (secondary N) is 1. The van der Waals surface area contributed by atoms with Crippen LogP contribution in [-0.2, 0) is 4.79 Å². The molecule has 1 fully saturated rings. The summed E-state index contributed by atoms with van der Waals surface area (Å²) in [5.74, 6) is 0.791. The number of para-hydroxylation sites is 1. The molecule has 1 aromatic heterocycles. The van der Waals surface area contributed by atoms with Gasteiger partial charge in [0.1, 0.15) is 0 Å². The van der Waals surface area contributed by atoms with E-state index in [4.69, 9.17) is 0 Å². The van der Waals surface area contributed by atoms with Gasteiger partial charge >= 0.3 is 0 Å². The standard InChI is InChI=1S/C24H25BrN4O/c1-16-9-10-18(14-17(16)2)21-11-12-23(28-27-21)29-13-5-6-19(15-29)24(30)26-22-8-4-3-7-20(22)25/h3-4,7-12,14,19H,5-6,13,15H2,1-2H3,(H,26,30)/t19-/m0/s1. The highest BCUT2D eigenvalue weighted by atomic mass is 79.9. The van der Waals surface area contributed by atoms with Crippen LogP contribution in [0.1, 0.15) is 24.0 Å². The Morgan fingerprint density at radius 3 is 2.63 bits per heavy atom. The van der Waals surface area contributed by atoms with Gasteiger partial charge in [-0.2, -0.15) is 0 Å². The van der Waals surface area contributed by atoms with Crippen molar-refractivity contribution in [2.75, 3.05) is 23.3 Å². The number of rotatable bonds is 4. The second kappa shape index (κ2) is 8.96. The molecule has 0 aliphatic carbocycles. The predicted molar refractivity (Wildman–Crippen MR) is 125 cm³/mol. The normalized spacial score (nSPS) is 16.4. The minimum absolute atomic E-state index is 0.0475. The first-order chi connectivity index (χ1) is 14.5. The van der Waals surface area contributed by atoms with Crippen molar-refractivity contribution < 1.29 is 4.79 Å². The zero-order chi connectivity index (χ0) is 21.1. The summed E-state index contributed by atoms with van der Waals surface area (Å²) in [7, 11) is 0. The van der Waals surface area contributed by atoms with Gasteiger partial charge in [0.05, 0.1) is 17.3 Å². The van der Waals surface area contributed by atoms with Gasteiger partial charge in [0, 0.05) is 23.1 Å². The van der Waals surface area contributed by atoms with E-state index in [1.54, 1.807) is 0 Å². The first kappa shape index (κ1) is 20.5. The number of aryl methyl sites for hydroxylation is 2. The molecule has 1 aliphatic heterocycles. The Kier molecular flexibility index (Phi) is 6.13. The molecule has 0 unspecified atom stereocenters.